The summed E-state index contributed by atoms with van der Waals surface area (Å²) >= 11 is 13.3. The minimum Gasteiger partial charge on any atom is -0.444 e. The molecule has 0 aliphatic heterocycles. The van der Waals surface area contributed by atoms with Crippen molar-refractivity contribution >= 4 is 59.5 Å². The molecule has 0 N–H and O–H groups in total. The van der Waals surface area contributed by atoms with Crippen LogP contribution in [0.5, 0.6) is 11.5 Å². The first-order valence-corrected chi connectivity index (χ1v) is 26.9. The third kappa shape index (κ3) is 11.3. The third-order valence-electron chi connectivity index (χ3n) is 12.1. The molecule has 63 heavy (non-hydrogen) atoms. The topological polar surface area (TPSA) is 44.7 Å². The lowest BCUT2D eigenvalue weighted by atomic mass is 9.75. The fourth-order valence-electron chi connectivity index (χ4n) is 7.92. The molecule has 1 aromatic heterocycles. The van der Waals surface area contributed by atoms with Crippen molar-refractivity contribution in [2.24, 2.45) is 0 Å². The molecule has 346 valence electrons. The highest BCUT2D eigenvalue weighted by Gasteiger charge is 2.34. The van der Waals surface area contributed by atoms with Gasteiger partial charge >= 0.3 is 8.24 Å². The largest absolute Gasteiger partial charge is 0.453 e. The Bertz CT molecular complexity index is 2550. The van der Waals surface area contributed by atoms with Gasteiger partial charge < -0.3 is 17.4 Å². The third-order valence-corrected chi connectivity index (χ3v) is 13.9. The Balaban J connectivity index is 2.12. The second-order valence-corrected chi connectivity index (χ2v) is 29.3. The summed E-state index contributed by atoms with van der Waals surface area (Å²) in [6, 6.07) is 18.4. The van der Waals surface area contributed by atoms with Crippen LogP contribution in [0.15, 0.2) is 56.9 Å². The molecule has 1 atom stereocenters. The zero-order chi connectivity index (χ0) is 48.0. The summed E-state index contributed by atoms with van der Waals surface area (Å²) in [5.41, 5.74) is 11.0. The highest BCUT2D eigenvalue weighted by Crippen LogP contribution is 2.57. The molecule has 8 heteroatoms. The Morgan fingerprint density at radius 3 is 1.19 bits per heavy atom. The average molecular weight is 936 g/mol. The summed E-state index contributed by atoms with van der Waals surface area (Å²) < 4.78 is 28.9. The van der Waals surface area contributed by atoms with Crippen molar-refractivity contribution in [2.45, 2.75) is 203 Å². The van der Waals surface area contributed by atoms with E-state index in [0.29, 0.717) is 11.5 Å². The molecule has 1 heterocycles. The Labute approximate surface area is 393 Å². The Morgan fingerprint density at radius 2 is 0.794 bits per heavy atom. The zero-order valence-electron chi connectivity index (χ0n) is 43.0. The molecule has 0 amide bonds. The fourth-order valence-corrected chi connectivity index (χ4v) is 9.82. The van der Waals surface area contributed by atoms with Gasteiger partial charge in [0.05, 0.1) is 0 Å². The second-order valence-electron chi connectivity index (χ2n) is 25.3. The summed E-state index contributed by atoms with van der Waals surface area (Å²) in [5.74, 6) is 1.52. The Hall–Kier alpha value is -2.61. The van der Waals surface area contributed by atoms with Crippen molar-refractivity contribution in [3.63, 3.8) is 0 Å². The summed E-state index contributed by atoms with van der Waals surface area (Å²) in [6.07, 6.45) is 0. The maximum atomic E-state index is 7.57. The van der Waals surface area contributed by atoms with Crippen LogP contribution in [0.4, 0.5) is 0 Å². The van der Waals surface area contributed by atoms with Gasteiger partial charge in [0.25, 0.3) is 6.85 Å². The minimum atomic E-state index is -2.11. The van der Waals surface area contributed by atoms with E-state index in [9.17, 15) is 0 Å². The molecule has 0 saturated heterocycles. The van der Waals surface area contributed by atoms with Gasteiger partial charge in [-0.2, -0.15) is 0 Å². The molecule has 0 spiro atoms. The zero-order valence-corrected chi connectivity index (χ0v) is 46.3. The van der Waals surface area contributed by atoms with Gasteiger partial charge in [-0.15, -0.1) is 0 Å². The smallest absolute Gasteiger partial charge is 0.444 e. The van der Waals surface area contributed by atoms with Crippen LogP contribution in [-0.2, 0) is 37.9 Å². The maximum absolute atomic E-state index is 7.57. The van der Waals surface area contributed by atoms with Gasteiger partial charge in [-0.25, -0.2) is 0 Å². The summed E-state index contributed by atoms with van der Waals surface area (Å²) in [6.45, 7) is 50.0. The summed E-state index contributed by atoms with van der Waals surface area (Å²) in [5, 5.41) is 2.07. The van der Waals surface area contributed by atoms with Crippen molar-refractivity contribution < 1.29 is 17.4 Å². The molecule has 4 nitrogen and oxygen atoms in total. The molecule has 0 aliphatic carbocycles. The second kappa shape index (κ2) is 17.2. The molecular weight excluding hydrogens is 857 g/mol. The van der Waals surface area contributed by atoms with Crippen LogP contribution in [0.25, 0.3) is 33.1 Å². The van der Waals surface area contributed by atoms with E-state index >= 15 is 0 Å². The SMILES string of the molecule is CC(C)c1cc(C(C)(C)C)cc2c1op(Oc1c(-c3cc(C(C)(C)C)cc(C(C)(C)C)c3OP(Cl)Cl)cc(C(C)(C)C)cc1C(C)(C)C)oc1c(C(C)(C)C)cc(C(C)(C)C)cc12. The van der Waals surface area contributed by atoms with Gasteiger partial charge in [0.1, 0.15) is 22.7 Å². The first-order chi connectivity index (χ1) is 28.3. The average Bonchev–Trinajstić information content (AvgIpc) is 3.23. The molecule has 1 unspecified atom stereocenters. The Kier molecular flexibility index (Phi) is 14.1. The van der Waals surface area contributed by atoms with Gasteiger partial charge in [-0.3, -0.25) is 0 Å². The van der Waals surface area contributed by atoms with Crippen LogP contribution in [0, 0.1) is 0 Å². The predicted octanol–water partition coefficient (Wildman–Crippen LogP) is 20.1. The van der Waals surface area contributed by atoms with E-state index in [0.717, 1.165) is 55.3 Å². The van der Waals surface area contributed by atoms with Crippen molar-refractivity contribution in [1.29, 1.82) is 0 Å². The lowest BCUT2D eigenvalue weighted by Crippen LogP contribution is -2.19. The lowest BCUT2D eigenvalue weighted by Gasteiger charge is -2.32. The van der Waals surface area contributed by atoms with E-state index in [1.165, 1.54) is 22.3 Å². The summed E-state index contributed by atoms with van der Waals surface area (Å²) in [4.78, 5) is 0. The van der Waals surface area contributed by atoms with Crippen molar-refractivity contribution in [2.75, 3.05) is 0 Å². The normalized spacial score (nSPS) is 14.0. The number of rotatable bonds is 6. The predicted molar refractivity (Wildman–Crippen MR) is 278 cm³/mol. The lowest BCUT2D eigenvalue weighted by molar-refractivity contribution is 0.473. The molecule has 0 saturated carbocycles. The number of halogens is 2. The standard InChI is InChI=1S/C55H78Cl2O4P2/c1-32(2)37-24-33(49(3,4)5)25-38-39-26-34(50(6,7)8)30-43(54(18,19)20)47(39)60-63(59-45(37)38)61-48-41(28-36(52(12,13)14)31-44(48)55(21,22)23)40-27-35(51(9,10)11)29-42(53(15,16)17)46(40)58-62(56)57/h24-32H,1-23H3. The van der Waals surface area contributed by atoms with Gasteiger partial charge in [-0.1, -0.05) is 184 Å². The fraction of sp³-hybridized carbons (Fsp3) is 0.564. The van der Waals surface area contributed by atoms with Crippen molar-refractivity contribution in [3.05, 3.63) is 93.0 Å². The van der Waals surface area contributed by atoms with Crippen LogP contribution in [0.2, 0.25) is 0 Å². The number of hydrogen-bond acceptors (Lipinski definition) is 4. The highest BCUT2D eigenvalue weighted by molar-refractivity contribution is 8.00. The first-order valence-electron chi connectivity index (χ1n) is 22.7. The van der Waals surface area contributed by atoms with Gasteiger partial charge in [0.2, 0.25) is 0 Å². The van der Waals surface area contributed by atoms with Crippen LogP contribution < -0.4 is 9.05 Å². The molecule has 5 aromatic rings. The van der Waals surface area contributed by atoms with Crippen molar-refractivity contribution in [3.8, 4) is 22.6 Å². The Morgan fingerprint density at radius 1 is 0.444 bits per heavy atom. The molecule has 5 rings (SSSR count). The molecule has 0 aliphatic rings. The molecular formula is C55H78Cl2O4P2. The van der Waals surface area contributed by atoms with Gasteiger partial charge in [0, 0.05) is 38.6 Å². The van der Waals surface area contributed by atoms with Crippen LogP contribution >= 0.6 is 37.6 Å². The number of benzene rings is 4. The van der Waals surface area contributed by atoms with Crippen molar-refractivity contribution in [1.82, 2.24) is 0 Å². The van der Waals surface area contributed by atoms with Gasteiger partial charge in [-0.05, 0) is 118 Å². The number of hydrogen-bond donors (Lipinski definition) is 0. The minimum absolute atomic E-state index is 0.104. The van der Waals surface area contributed by atoms with E-state index in [2.05, 4.69) is 208 Å². The highest BCUT2D eigenvalue weighted by atomic mass is 35.9. The van der Waals surface area contributed by atoms with E-state index in [4.69, 9.17) is 39.9 Å². The van der Waals surface area contributed by atoms with E-state index in [1.807, 2.05) is 0 Å². The maximum Gasteiger partial charge on any atom is 0.453 e. The van der Waals surface area contributed by atoms with Crippen LogP contribution in [-0.4, -0.2) is 0 Å². The monoisotopic (exact) mass is 934 g/mol. The number of fused-ring (bicyclic) bond motifs is 3. The van der Waals surface area contributed by atoms with E-state index < -0.39 is 15.1 Å². The molecule has 0 fully saturated rings. The van der Waals surface area contributed by atoms with E-state index in [-0.39, 0.29) is 43.8 Å². The summed E-state index contributed by atoms with van der Waals surface area (Å²) in [7, 11) is -2.11. The first kappa shape index (κ1) is 51.4. The van der Waals surface area contributed by atoms with E-state index in [1.54, 1.807) is 0 Å². The van der Waals surface area contributed by atoms with Gasteiger partial charge in [0.15, 0.2) is 0 Å². The van der Waals surface area contributed by atoms with Crippen LogP contribution in [0.1, 0.15) is 210 Å². The molecule has 0 radical (unpaired) electrons. The van der Waals surface area contributed by atoms with Crippen LogP contribution in [0.3, 0.4) is 0 Å². The molecule has 0 bridgehead atoms. The molecule has 4 aromatic carbocycles. The quantitative estimate of drug-likeness (QED) is 0.159.